The van der Waals surface area contributed by atoms with Crippen molar-refractivity contribution in [1.82, 2.24) is 4.90 Å². The second-order valence-corrected chi connectivity index (χ2v) is 9.95. The van der Waals surface area contributed by atoms with Gasteiger partial charge in [-0.25, -0.2) is 0 Å². The molecule has 1 aliphatic rings. The Balaban J connectivity index is 1.33. The zero-order valence-corrected chi connectivity index (χ0v) is 19.9. The summed E-state index contributed by atoms with van der Waals surface area (Å²) in [5, 5.41) is 0.608. The Morgan fingerprint density at radius 1 is 0.969 bits per heavy atom. The van der Waals surface area contributed by atoms with Crippen molar-refractivity contribution in [3.63, 3.8) is 0 Å². The van der Waals surface area contributed by atoms with Crippen molar-refractivity contribution in [2.24, 2.45) is 0 Å². The van der Waals surface area contributed by atoms with Gasteiger partial charge in [0.1, 0.15) is 5.76 Å². The molecule has 0 aliphatic carbocycles. The molecule has 0 N–H and O–H groups in total. The number of amides is 1. The standard InChI is InChI=1S/C25H27ClN2O3S/c1-18-6-5-9-23(19(18)2)27-12-14-28(15-13-27)25(29)24-11-10-21(31-24)17-32(30)16-20-7-3-4-8-22(20)26/h3-11H,12-17H2,1-2H3/t32-/m1/s1. The van der Waals surface area contributed by atoms with Crippen LogP contribution in [0, 0.1) is 13.8 Å². The van der Waals surface area contributed by atoms with Crippen molar-refractivity contribution in [3.8, 4) is 0 Å². The van der Waals surface area contributed by atoms with Crippen LogP contribution in [0.1, 0.15) is 33.0 Å². The van der Waals surface area contributed by atoms with Crippen molar-refractivity contribution < 1.29 is 13.4 Å². The van der Waals surface area contributed by atoms with E-state index in [1.165, 1.54) is 16.8 Å². The fourth-order valence-corrected chi connectivity index (χ4v) is 5.41. The fourth-order valence-electron chi connectivity index (χ4n) is 3.95. The molecule has 0 bridgehead atoms. The molecule has 5 nitrogen and oxygen atoms in total. The van der Waals surface area contributed by atoms with E-state index in [1.54, 1.807) is 18.2 Å². The van der Waals surface area contributed by atoms with Crippen LogP contribution in [0.2, 0.25) is 5.02 Å². The van der Waals surface area contributed by atoms with Crippen LogP contribution in [0.25, 0.3) is 0 Å². The summed E-state index contributed by atoms with van der Waals surface area (Å²) in [5.41, 5.74) is 4.64. The van der Waals surface area contributed by atoms with Crippen LogP contribution in [-0.4, -0.2) is 41.2 Å². The van der Waals surface area contributed by atoms with Crippen LogP contribution in [0.4, 0.5) is 5.69 Å². The zero-order valence-electron chi connectivity index (χ0n) is 18.3. The maximum Gasteiger partial charge on any atom is 0.289 e. The molecule has 1 fully saturated rings. The largest absolute Gasteiger partial charge is 0.455 e. The quantitative estimate of drug-likeness (QED) is 0.511. The molecule has 32 heavy (non-hydrogen) atoms. The predicted octanol–water partition coefficient (Wildman–Crippen LogP) is 4.96. The minimum atomic E-state index is -1.18. The van der Waals surface area contributed by atoms with E-state index in [0.717, 1.165) is 18.7 Å². The molecule has 1 aliphatic heterocycles. The Labute approximate surface area is 196 Å². The van der Waals surface area contributed by atoms with Gasteiger partial charge in [-0.3, -0.25) is 9.00 Å². The molecule has 0 spiro atoms. The summed E-state index contributed by atoms with van der Waals surface area (Å²) >= 11 is 6.16. The molecular weight excluding hydrogens is 444 g/mol. The van der Waals surface area contributed by atoms with Gasteiger partial charge in [0.2, 0.25) is 0 Å². The molecule has 1 saturated heterocycles. The molecule has 1 aromatic heterocycles. The number of carbonyl (C=O) groups is 1. The van der Waals surface area contributed by atoms with E-state index in [0.29, 0.717) is 35.4 Å². The van der Waals surface area contributed by atoms with Crippen LogP contribution < -0.4 is 4.90 Å². The average Bonchev–Trinajstić information content (AvgIpc) is 3.25. The van der Waals surface area contributed by atoms with Crippen LogP contribution in [0.5, 0.6) is 0 Å². The molecule has 2 heterocycles. The number of hydrogen-bond donors (Lipinski definition) is 0. The fraction of sp³-hybridized carbons (Fsp3) is 0.320. The first kappa shape index (κ1) is 22.6. The first-order chi connectivity index (χ1) is 15.4. The number of aryl methyl sites for hydroxylation is 1. The molecule has 1 amide bonds. The summed E-state index contributed by atoms with van der Waals surface area (Å²) in [5.74, 6) is 1.33. The predicted molar refractivity (Wildman–Crippen MR) is 130 cm³/mol. The minimum absolute atomic E-state index is 0.117. The normalized spacial score (nSPS) is 15.1. The lowest BCUT2D eigenvalue weighted by Crippen LogP contribution is -2.49. The molecule has 7 heteroatoms. The van der Waals surface area contributed by atoms with E-state index in [1.807, 2.05) is 23.1 Å². The SMILES string of the molecule is Cc1cccc(N2CCN(C(=O)c3ccc(C[S@](=O)Cc4ccccc4Cl)o3)CC2)c1C. The highest BCUT2D eigenvalue weighted by molar-refractivity contribution is 7.83. The molecule has 2 aromatic carbocycles. The number of benzene rings is 2. The number of hydrogen-bond acceptors (Lipinski definition) is 4. The van der Waals surface area contributed by atoms with E-state index in [4.69, 9.17) is 16.0 Å². The van der Waals surface area contributed by atoms with Gasteiger partial charge < -0.3 is 14.2 Å². The number of piperazine rings is 1. The minimum Gasteiger partial charge on any atom is -0.455 e. The lowest BCUT2D eigenvalue weighted by atomic mass is 10.1. The summed E-state index contributed by atoms with van der Waals surface area (Å²) in [7, 11) is -1.18. The molecule has 3 aromatic rings. The van der Waals surface area contributed by atoms with E-state index in [9.17, 15) is 9.00 Å². The maximum atomic E-state index is 12.9. The first-order valence-corrected chi connectivity index (χ1v) is 12.6. The van der Waals surface area contributed by atoms with Crippen molar-refractivity contribution >= 4 is 34.0 Å². The molecule has 168 valence electrons. The highest BCUT2D eigenvalue weighted by Crippen LogP contribution is 2.25. The van der Waals surface area contributed by atoms with Crippen molar-refractivity contribution in [2.45, 2.75) is 25.4 Å². The molecule has 4 rings (SSSR count). The Kier molecular flexibility index (Phi) is 7.01. The third-order valence-corrected chi connectivity index (χ3v) is 7.54. The third-order valence-electron chi connectivity index (χ3n) is 5.93. The Morgan fingerprint density at radius 2 is 1.72 bits per heavy atom. The smallest absolute Gasteiger partial charge is 0.289 e. The lowest BCUT2D eigenvalue weighted by Gasteiger charge is -2.36. The molecule has 0 unspecified atom stereocenters. The topological polar surface area (TPSA) is 53.8 Å². The van der Waals surface area contributed by atoms with Gasteiger partial charge in [-0.15, -0.1) is 0 Å². The zero-order chi connectivity index (χ0) is 22.7. The van der Waals surface area contributed by atoms with E-state index >= 15 is 0 Å². The highest BCUT2D eigenvalue weighted by atomic mass is 35.5. The van der Waals surface area contributed by atoms with Crippen LogP contribution in [0.15, 0.2) is 59.0 Å². The Bertz CT molecular complexity index is 1140. The monoisotopic (exact) mass is 470 g/mol. The van der Waals surface area contributed by atoms with Crippen molar-refractivity contribution in [1.29, 1.82) is 0 Å². The number of nitrogens with zero attached hydrogens (tertiary/aromatic N) is 2. The Morgan fingerprint density at radius 3 is 2.47 bits per heavy atom. The van der Waals surface area contributed by atoms with E-state index in [2.05, 4.69) is 36.9 Å². The van der Waals surface area contributed by atoms with Crippen LogP contribution in [-0.2, 0) is 22.3 Å². The summed E-state index contributed by atoms with van der Waals surface area (Å²) < 4.78 is 18.3. The summed E-state index contributed by atoms with van der Waals surface area (Å²) in [6, 6.07) is 17.1. The second-order valence-electron chi connectivity index (χ2n) is 8.08. The summed E-state index contributed by atoms with van der Waals surface area (Å²) in [4.78, 5) is 17.1. The summed E-state index contributed by atoms with van der Waals surface area (Å²) in [6.45, 7) is 7.11. The van der Waals surface area contributed by atoms with Crippen molar-refractivity contribution in [3.05, 3.63) is 87.8 Å². The second kappa shape index (κ2) is 9.92. The van der Waals surface area contributed by atoms with Gasteiger partial charge in [-0.2, -0.15) is 0 Å². The van der Waals surface area contributed by atoms with Gasteiger partial charge in [0, 0.05) is 47.7 Å². The van der Waals surface area contributed by atoms with Gasteiger partial charge in [0.15, 0.2) is 5.76 Å². The van der Waals surface area contributed by atoms with Crippen LogP contribution in [0.3, 0.4) is 0 Å². The highest BCUT2D eigenvalue weighted by Gasteiger charge is 2.25. The van der Waals surface area contributed by atoms with Gasteiger partial charge in [-0.1, -0.05) is 41.9 Å². The number of carbonyl (C=O) groups excluding carboxylic acids is 1. The molecule has 1 atom stereocenters. The molecule has 0 radical (unpaired) electrons. The van der Waals surface area contributed by atoms with E-state index < -0.39 is 10.8 Å². The molecular formula is C25H27ClN2O3S. The lowest BCUT2D eigenvalue weighted by molar-refractivity contribution is 0.0713. The van der Waals surface area contributed by atoms with Gasteiger partial charge in [0.05, 0.1) is 11.5 Å². The third kappa shape index (κ3) is 5.08. The van der Waals surface area contributed by atoms with Crippen LogP contribution >= 0.6 is 11.6 Å². The summed E-state index contributed by atoms with van der Waals surface area (Å²) in [6.07, 6.45) is 0. The van der Waals surface area contributed by atoms with Gasteiger partial charge in [0.25, 0.3) is 5.91 Å². The number of halogens is 1. The maximum absolute atomic E-state index is 12.9. The molecule has 0 saturated carbocycles. The number of furan rings is 1. The van der Waals surface area contributed by atoms with E-state index in [-0.39, 0.29) is 11.7 Å². The Hall–Kier alpha value is -2.57. The van der Waals surface area contributed by atoms with Gasteiger partial charge in [-0.05, 0) is 54.8 Å². The van der Waals surface area contributed by atoms with Crippen molar-refractivity contribution in [2.75, 3.05) is 31.1 Å². The van der Waals surface area contributed by atoms with Gasteiger partial charge >= 0.3 is 0 Å². The number of rotatable bonds is 6. The first-order valence-electron chi connectivity index (χ1n) is 10.7. The number of anilines is 1. The average molecular weight is 471 g/mol.